The van der Waals surface area contributed by atoms with Crippen LogP contribution in [0.15, 0.2) is 30.9 Å². The van der Waals surface area contributed by atoms with E-state index in [1.54, 1.807) is 18.6 Å². The average Bonchev–Trinajstić information content (AvgIpc) is 2.58. The fourth-order valence-corrected chi connectivity index (χ4v) is 0.928. The van der Waals surface area contributed by atoms with Crippen molar-refractivity contribution < 1.29 is 4.39 Å². The lowest BCUT2D eigenvalue weighted by molar-refractivity contribution is 0.622. The summed E-state index contributed by atoms with van der Waals surface area (Å²) in [5, 5.41) is 0. The molecule has 0 aliphatic heterocycles. The lowest BCUT2D eigenvalue weighted by atomic mass is 10.3. The zero-order valence-electron chi connectivity index (χ0n) is 6.16. The van der Waals surface area contributed by atoms with Gasteiger partial charge in [-0.2, -0.15) is 0 Å². The number of imidazole rings is 1. The molecule has 4 heteroatoms. The third kappa shape index (κ3) is 1.18. The van der Waals surface area contributed by atoms with Crippen molar-refractivity contribution in [2.75, 3.05) is 0 Å². The fraction of sp³-hybridized carbons (Fsp3) is 0. The van der Waals surface area contributed by atoms with E-state index in [1.807, 2.05) is 0 Å². The molecule has 12 heavy (non-hydrogen) atoms. The van der Waals surface area contributed by atoms with Crippen LogP contribution in [-0.2, 0) is 0 Å². The van der Waals surface area contributed by atoms with Crippen LogP contribution in [0.1, 0.15) is 0 Å². The van der Waals surface area contributed by atoms with Crippen molar-refractivity contribution in [3.8, 4) is 11.4 Å². The summed E-state index contributed by atoms with van der Waals surface area (Å²) in [6, 6.07) is 2.95. The quantitative estimate of drug-likeness (QED) is 0.693. The summed E-state index contributed by atoms with van der Waals surface area (Å²) in [5.41, 5.74) is 1.38. The molecule has 0 bridgehead atoms. The van der Waals surface area contributed by atoms with Gasteiger partial charge in [0.1, 0.15) is 11.5 Å². The Kier molecular flexibility index (Phi) is 1.59. The van der Waals surface area contributed by atoms with Gasteiger partial charge in [0.2, 0.25) is 0 Å². The number of halogens is 1. The van der Waals surface area contributed by atoms with E-state index < -0.39 is 0 Å². The second kappa shape index (κ2) is 2.73. The molecule has 0 amide bonds. The van der Waals surface area contributed by atoms with E-state index >= 15 is 0 Å². The summed E-state index contributed by atoms with van der Waals surface area (Å²) in [5.74, 6) is -0.339. The van der Waals surface area contributed by atoms with E-state index in [2.05, 4.69) is 15.0 Å². The highest BCUT2D eigenvalue weighted by Gasteiger charge is 1.99. The molecule has 3 nitrogen and oxygen atoms in total. The predicted octanol–water partition coefficient (Wildman–Crippen LogP) is 1.61. The van der Waals surface area contributed by atoms with E-state index in [1.165, 1.54) is 12.3 Å². The first-order valence-electron chi connectivity index (χ1n) is 3.47. The molecule has 2 heterocycles. The molecule has 1 N–H and O–H groups in total. The molecule has 0 unspecified atom stereocenters. The maximum atomic E-state index is 12.4. The highest BCUT2D eigenvalue weighted by Crippen LogP contribution is 2.11. The SMILES string of the molecule is Fc1ccc(-c2c[nH]cn2)nc1. The van der Waals surface area contributed by atoms with Crippen LogP contribution in [0.25, 0.3) is 11.4 Å². The lowest BCUT2D eigenvalue weighted by Crippen LogP contribution is -1.83. The standard InChI is InChI=1S/C8H6FN3/c9-6-1-2-7(11-3-6)8-4-10-5-12-8/h1-5H,(H,10,12). The monoisotopic (exact) mass is 163 g/mol. The minimum absolute atomic E-state index is 0.339. The Morgan fingerprint density at radius 1 is 1.17 bits per heavy atom. The Labute approximate surface area is 68.3 Å². The van der Waals surface area contributed by atoms with Gasteiger partial charge in [-0.15, -0.1) is 0 Å². The van der Waals surface area contributed by atoms with Gasteiger partial charge in [0.25, 0.3) is 0 Å². The molecule has 0 atom stereocenters. The fourth-order valence-electron chi connectivity index (χ4n) is 0.928. The minimum Gasteiger partial charge on any atom is -0.351 e. The average molecular weight is 163 g/mol. The second-order valence-corrected chi connectivity index (χ2v) is 2.32. The van der Waals surface area contributed by atoms with Crippen molar-refractivity contribution in [1.82, 2.24) is 15.0 Å². The van der Waals surface area contributed by atoms with E-state index in [-0.39, 0.29) is 5.82 Å². The van der Waals surface area contributed by atoms with Gasteiger partial charge < -0.3 is 4.98 Å². The molecule has 0 aliphatic rings. The predicted molar refractivity (Wildman–Crippen MR) is 41.8 cm³/mol. The summed E-state index contributed by atoms with van der Waals surface area (Å²) >= 11 is 0. The van der Waals surface area contributed by atoms with Crippen LogP contribution in [0.3, 0.4) is 0 Å². The van der Waals surface area contributed by atoms with Crippen molar-refractivity contribution in [3.63, 3.8) is 0 Å². The molecule has 0 aromatic carbocycles. The zero-order valence-corrected chi connectivity index (χ0v) is 6.16. The minimum atomic E-state index is -0.339. The number of H-pyrrole nitrogens is 1. The smallest absolute Gasteiger partial charge is 0.141 e. The maximum Gasteiger partial charge on any atom is 0.141 e. The molecule has 0 saturated carbocycles. The second-order valence-electron chi connectivity index (χ2n) is 2.32. The van der Waals surface area contributed by atoms with Gasteiger partial charge in [-0.25, -0.2) is 9.37 Å². The van der Waals surface area contributed by atoms with Crippen LogP contribution in [0, 0.1) is 5.82 Å². The Hall–Kier alpha value is -1.71. The molecule has 2 rings (SSSR count). The van der Waals surface area contributed by atoms with E-state index in [9.17, 15) is 4.39 Å². The number of hydrogen-bond donors (Lipinski definition) is 1. The molecule has 0 aliphatic carbocycles. The molecule has 0 saturated heterocycles. The van der Waals surface area contributed by atoms with Crippen LogP contribution in [0.5, 0.6) is 0 Å². The van der Waals surface area contributed by atoms with Gasteiger partial charge >= 0.3 is 0 Å². The van der Waals surface area contributed by atoms with Crippen LogP contribution in [0.4, 0.5) is 4.39 Å². The molecule has 0 fully saturated rings. The van der Waals surface area contributed by atoms with Crippen molar-refractivity contribution in [1.29, 1.82) is 0 Å². The highest BCUT2D eigenvalue weighted by atomic mass is 19.1. The Balaban J connectivity index is 2.43. The summed E-state index contributed by atoms with van der Waals surface area (Å²) < 4.78 is 12.4. The first-order chi connectivity index (χ1) is 5.86. The van der Waals surface area contributed by atoms with Gasteiger partial charge in [-0.1, -0.05) is 0 Å². The molecule has 2 aromatic rings. The van der Waals surface area contributed by atoms with Gasteiger partial charge in [-0.3, -0.25) is 4.98 Å². The van der Waals surface area contributed by atoms with Gasteiger partial charge in [0.15, 0.2) is 0 Å². The first-order valence-corrected chi connectivity index (χ1v) is 3.47. The number of rotatable bonds is 1. The van der Waals surface area contributed by atoms with E-state index in [0.29, 0.717) is 5.69 Å². The van der Waals surface area contributed by atoms with Crippen LogP contribution in [-0.4, -0.2) is 15.0 Å². The van der Waals surface area contributed by atoms with Gasteiger partial charge in [0, 0.05) is 6.20 Å². The van der Waals surface area contributed by atoms with Crippen molar-refractivity contribution in [2.45, 2.75) is 0 Å². The molecular formula is C8H6FN3. The lowest BCUT2D eigenvalue weighted by Gasteiger charge is -1.92. The van der Waals surface area contributed by atoms with Crippen molar-refractivity contribution in [2.24, 2.45) is 0 Å². The summed E-state index contributed by atoms with van der Waals surface area (Å²) in [4.78, 5) is 10.6. The molecular weight excluding hydrogens is 157 g/mol. The molecule has 60 valence electrons. The number of aromatic amines is 1. The number of aromatic nitrogens is 3. The normalized spacial score (nSPS) is 10.1. The Morgan fingerprint density at radius 2 is 2.08 bits per heavy atom. The van der Waals surface area contributed by atoms with Crippen LogP contribution < -0.4 is 0 Å². The van der Waals surface area contributed by atoms with Crippen LogP contribution in [0.2, 0.25) is 0 Å². The number of nitrogens with zero attached hydrogens (tertiary/aromatic N) is 2. The van der Waals surface area contributed by atoms with Gasteiger partial charge in [0.05, 0.1) is 18.2 Å². The van der Waals surface area contributed by atoms with Crippen molar-refractivity contribution in [3.05, 3.63) is 36.7 Å². The number of hydrogen-bond acceptors (Lipinski definition) is 2. The molecule has 0 radical (unpaired) electrons. The molecule has 2 aromatic heterocycles. The van der Waals surface area contributed by atoms with E-state index in [4.69, 9.17) is 0 Å². The van der Waals surface area contributed by atoms with Crippen molar-refractivity contribution >= 4 is 0 Å². The van der Waals surface area contributed by atoms with Gasteiger partial charge in [-0.05, 0) is 12.1 Å². The largest absolute Gasteiger partial charge is 0.351 e. The topological polar surface area (TPSA) is 41.6 Å². The van der Waals surface area contributed by atoms with Crippen LogP contribution >= 0.6 is 0 Å². The Bertz CT molecular complexity index is 352. The third-order valence-corrected chi connectivity index (χ3v) is 1.49. The highest BCUT2D eigenvalue weighted by molar-refractivity contribution is 5.51. The summed E-state index contributed by atoms with van der Waals surface area (Å²) in [7, 11) is 0. The summed E-state index contributed by atoms with van der Waals surface area (Å²) in [6.07, 6.45) is 4.44. The maximum absolute atomic E-state index is 12.4. The number of pyridine rings is 1. The summed E-state index contributed by atoms with van der Waals surface area (Å²) in [6.45, 7) is 0. The number of nitrogens with one attached hydrogen (secondary N) is 1. The zero-order chi connectivity index (χ0) is 8.39. The Morgan fingerprint density at radius 3 is 2.67 bits per heavy atom. The molecule has 0 spiro atoms. The van der Waals surface area contributed by atoms with E-state index in [0.717, 1.165) is 5.69 Å². The first kappa shape index (κ1) is 6.97. The third-order valence-electron chi connectivity index (χ3n) is 1.49.